The third-order valence-electron chi connectivity index (χ3n) is 4.18. The van der Waals surface area contributed by atoms with E-state index in [0.717, 1.165) is 5.56 Å². The lowest BCUT2D eigenvalue weighted by molar-refractivity contribution is 0.0989. The van der Waals surface area contributed by atoms with Gasteiger partial charge in [0.05, 0.1) is 0 Å². The summed E-state index contributed by atoms with van der Waals surface area (Å²) in [6.45, 7) is 2.29. The van der Waals surface area contributed by atoms with E-state index in [1.165, 1.54) is 18.2 Å². The van der Waals surface area contributed by atoms with Crippen molar-refractivity contribution >= 4 is 21.6 Å². The fourth-order valence-corrected chi connectivity index (χ4v) is 3.65. The van der Waals surface area contributed by atoms with Crippen LogP contribution in [0.15, 0.2) is 83.8 Å². The molecule has 3 aromatic carbocycles. The lowest BCUT2D eigenvalue weighted by Crippen LogP contribution is -2.11. The molecule has 1 N–H and O–H groups in total. The average molecular weight is 395 g/mol. The first-order valence-electron chi connectivity index (χ1n) is 8.94. The van der Waals surface area contributed by atoms with Crippen LogP contribution in [-0.2, 0) is 16.7 Å². The summed E-state index contributed by atoms with van der Waals surface area (Å²) in [7, 11) is -3.95. The van der Waals surface area contributed by atoms with Gasteiger partial charge in [-0.25, -0.2) is 0 Å². The largest absolute Gasteiger partial charge is 0.380 e. The van der Waals surface area contributed by atoms with Gasteiger partial charge in [-0.05, 0) is 29.8 Å². The molecule has 0 unspecified atom stereocenters. The summed E-state index contributed by atoms with van der Waals surface area (Å²) < 4.78 is 30.2. The highest BCUT2D eigenvalue weighted by Gasteiger charge is 2.18. The van der Waals surface area contributed by atoms with Crippen molar-refractivity contribution in [3.8, 4) is 5.75 Å². The second kappa shape index (κ2) is 8.71. The van der Waals surface area contributed by atoms with Crippen LogP contribution in [0.2, 0.25) is 0 Å². The van der Waals surface area contributed by atoms with E-state index in [1.807, 2.05) is 30.3 Å². The molecule has 5 nitrogen and oxygen atoms in total. The van der Waals surface area contributed by atoms with Crippen molar-refractivity contribution in [1.29, 1.82) is 0 Å². The van der Waals surface area contributed by atoms with Gasteiger partial charge in [0, 0.05) is 30.3 Å². The van der Waals surface area contributed by atoms with Crippen LogP contribution in [0.25, 0.3) is 0 Å². The van der Waals surface area contributed by atoms with E-state index in [1.54, 1.807) is 37.3 Å². The molecule has 0 radical (unpaired) electrons. The highest BCUT2D eigenvalue weighted by Crippen LogP contribution is 2.27. The maximum absolute atomic E-state index is 12.5. The van der Waals surface area contributed by atoms with E-state index >= 15 is 0 Å². The third kappa shape index (κ3) is 4.78. The Morgan fingerprint density at radius 1 is 0.929 bits per heavy atom. The summed E-state index contributed by atoms with van der Waals surface area (Å²) in [5.41, 5.74) is 2.08. The van der Waals surface area contributed by atoms with E-state index in [9.17, 15) is 13.2 Å². The van der Waals surface area contributed by atoms with Crippen molar-refractivity contribution in [1.82, 2.24) is 0 Å². The van der Waals surface area contributed by atoms with E-state index in [0.29, 0.717) is 24.2 Å². The average Bonchev–Trinajstić information content (AvgIpc) is 2.73. The van der Waals surface area contributed by atoms with Gasteiger partial charge in [0.1, 0.15) is 10.6 Å². The van der Waals surface area contributed by atoms with Crippen molar-refractivity contribution in [3.63, 3.8) is 0 Å². The van der Waals surface area contributed by atoms with Gasteiger partial charge < -0.3 is 9.50 Å². The van der Waals surface area contributed by atoms with Gasteiger partial charge in [0.25, 0.3) is 0 Å². The number of ketones is 1. The molecule has 0 saturated heterocycles. The van der Waals surface area contributed by atoms with Crippen LogP contribution >= 0.6 is 0 Å². The first-order chi connectivity index (χ1) is 13.5. The van der Waals surface area contributed by atoms with Crippen molar-refractivity contribution in [2.75, 3.05) is 5.32 Å². The van der Waals surface area contributed by atoms with Gasteiger partial charge in [-0.2, -0.15) is 8.42 Å². The molecule has 0 aliphatic rings. The smallest absolute Gasteiger partial charge is 0.339 e. The summed E-state index contributed by atoms with van der Waals surface area (Å²) in [6.07, 6.45) is 0.350. The van der Waals surface area contributed by atoms with Crippen molar-refractivity contribution in [2.24, 2.45) is 0 Å². The molecule has 0 bridgehead atoms. The summed E-state index contributed by atoms with van der Waals surface area (Å²) in [4.78, 5) is 12.3. The molecule has 3 aromatic rings. The number of carbonyl (C=O) groups is 1. The first kappa shape index (κ1) is 19.6. The SMILES string of the molecule is CCC(=O)c1ccc(OS(=O)(=O)c2ccccc2)cc1NCc1ccccc1. The maximum atomic E-state index is 12.5. The fraction of sp³-hybridized carbons (Fsp3) is 0.136. The number of benzene rings is 3. The van der Waals surface area contributed by atoms with Gasteiger partial charge >= 0.3 is 10.1 Å². The quantitative estimate of drug-likeness (QED) is 0.444. The maximum Gasteiger partial charge on any atom is 0.339 e. The molecule has 0 aliphatic heterocycles. The lowest BCUT2D eigenvalue weighted by atomic mass is 10.1. The van der Waals surface area contributed by atoms with E-state index < -0.39 is 10.1 Å². The van der Waals surface area contributed by atoms with Gasteiger partial charge in [-0.3, -0.25) is 4.79 Å². The minimum absolute atomic E-state index is 0.0342. The highest BCUT2D eigenvalue weighted by atomic mass is 32.2. The predicted molar refractivity (Wildman–Crippen MR) is 109 cm³/mol. The minimum atomic E-state index is -3.95. The van der Waals surface area contributed by atoms with Gasteiger partial charge in [-0.15, -0.1) is 0 Å². The molecule has 0 heterocycles. The number of carbonyl (C=O) groups excluding carboxylic acids is 1. The normalized spacial score (nSPS) is 11.0. The second-order valence-corrected chi connectivity index (χ2v) is 7.72. The van der Waals surface area contributed by atoms with Crippen LogP contribution in [0.4, 0.5) is 5.69 Å². The van der Waals surface area contributed by atoms with Crippen LogP contribution in [-0.4, -0.2) is 14.2 Å². The van der Waals surface area contributed by atoms with Crippen LogP contribution in [0.3, 0.4) is 0 Å². The fourth-order valence-electron chi connectivity index (χ4n) is 2.71. The molecule has 0 aromatic heterocycles. The summed E-state index contributed by atoms with van der Waals surface area (Å²) in [5.74, 6) is 0.111. The zero-order chi connectivity index (χ0) is 20.0. The molecule has 0 atom stereocenters. The zero-order valence-electron chi connectivity index (χ0n) is 15.5. The Morgan fingerprint density at radius 3 is 2.21 bits per heavy atom. The number of Topliss-reactive ketones (excluding diaryl/α,β-unsaturated/α-hetero) is 1. The monoisotopic (exact) mass is 395 g/mol. The highest BCUT2D eigenvalue weighted by molar-refractivity contribution is 7.87. The third-order valence-corrected chi connectivity index (χ3v) is 5.44. The van der Waals surface area contributed by atoms with E-state index in [-0.39, 0.29) is 16.4 Å². The van der Waals surface area contributed by atoms with Crippen molar-refractivity contribution in [3.05, 3.63) is 90.0 Å². The number of anilines is 1. The Kier molecular flexibility index (Phi) is 6.11. The number of hydrogen-bond acceptors (Lipinski definition) is 5. The molecule has 3 rings (SSSR count). The van der Waals surface area contributed by atoms with Crippen LogP contribution in [0, 0.1) is 0 Å². The Balaban J connectivity index is 1.88. The molecule has 0 fully saturated rings. The van der Waals surface area contributed by atoms with Crippen LogP contribution in [0.5, 0.6) is 5.75 Å². The summed E-state index contributed by atoms with van der Waals surface area (Å²) >= 11 is 0. The number of rotatable bonds is 8. The van der Waals surface area contributed by atoms with E-state index in [4.69, 9.17) is 4.18 Å². The molecule has 28 heavy (non-hydrogen) atoms. The predicted octanol–water partition coefficient (Wildman–Crippen LogP) is 4.66. The zero-order valence-corrected chi connectivity index (χ0v) is 16.3. The number of nitrogens with one attached hydrogen (secondary N) is 1. The Bertz CT molecular complexity index is 1050. The van der Waals surface area contributed by atoms with Gasteiger partial charge in [-0.1, -0.05) is 55.5 Å². The number of hydrogen-bond donors (Lipinski definition) is 1. The molecule has 0 aliphatic carbocycles. The molecular formula is C22H21NO4S. The first-order valence-corrected chi connectivity index (χ1v) is 10.3. The molecule has 144 valence electrons. The van der Waals surface area contributed by atoms with E-state index in [2.05, 4.69) is 5.32 Å². The standard InChI is InChI=1S/C22H21NO4S/c1-2-22(24)20-14-13-18(27-28(25,26)19-11-7-4-8-12-19)15-21(20)23-16-17-9-5-3-6-10-17/h3-15,23H,2,16H2,1H3. The Labute approximate surface area is 165 Å². The van der Waals surface area contributed by atoms with Crippen molar-refractivity contribution < 1.29 is 17.4 Å². The lowest BCUT2D eigenvalue weighted by Gasteiger charge is -2.14. The second-order valence-electron chi connectivity index (χ2n) is 6.17. The van der Waals surface area contributed by atoms with Gasteiger partial charge in [0.15, 0.2) is 5.78 Å². The van der Waals surface area contributed by atoms with Crippen LogP contribution < -0.4 is 9.50 Å². The van der Waals surface area contributed by atoms with Gasteiger partial charge in [0.2, 0.25) is 0 Å². The molecule has 0 amide bonds. The molecule has 0 saturated carbocycles. The Morgan fingerprint density at radius 2 is 1.57 bits per heavy atom. The molecule has 0 spiro atoms. The summed E-state index contributed by atoms with van der Waals surface area (Å²) in [6, 6.07) is 22.3. The summed E-state index contributed by atoms with van der Waals surface area (Å²) in [5, 5.41) is 3.22. The molecular weight excluding hydrogens is 374 g/mol. The Hall–Kier alpha value is -3.12. The minimum Gasteiger partial charge on any atom is -0.380 e. The van der Waals surface area contributed by atoms with Crippen molar-refractivity contribution in [2.45, 2.75) is 24.8 Å². The topological polar surface area (TPSA) is 72.5 Å². The van der Waals surface area contributed by atoms with Crippen LogP contribution in [0.1, 0.15) is 29.3 Å². The molecule has 6 heteroatoms.